The molecule has 0 fully saturated rings. The van der Waals surface area contributed by atoms with Gasteiger partial charge in [-0.3, -0.25) is 4.79 Å². The fourth-order valence-corrected chi connectivity index (χ4v) is 2.24. The SMILES string of the molecule is Cc1ccc(C(=O)CCC(C)(C)C)cc1C(C)(C)C. The Morgan fingerprint density at radius 3 is 2.11 bits per heavy atom. The highest BCUT2D eigenvalue weighted by Crippen LogP contribution is 2.28. The molecule has 1 aromatic carbocycles. The van der Waals surface area contributed by atoms with E-state index in [1.807, 2.05) is 6.07 Å². The Kier molecular flexibility index (Phi) is 4.60. The summed E-state index contributed by atoms with van der Waals surface area (Å²) in [7, 11) is 0. The van der Waals surface area contributed by atoms with Gasteiger partial charge in [0.25, 0.3) is 0 Å². The van der Waals surface area contributed by atoms with Gasteiger partial charge in [0.15, 0.2) is 5.78 Å². The van der Waals surface area contributed by atoms with Crippen LogP contribution in [0.25, 0.3) is 0 Å². The van der Waals surface area contributed by atoms with Gasteiger partial charge in [-0.2, -0.15) is 0 Å². The predicted octanol–water partition coefficient (Wildman–Crippen LogP) is 5.30. The summed E-state index contributed by atoms with van der Waals surface area (Å²) >= 11 is 0. The summed E-state index contributed by atoms with van der Waals surface area (Å²) in [4.78, 5) is 12.3. The predicted molar refractivity (Wildman–Crippen MR) is 82.9 cm³/mol. The van der Waals surface area contributed by atoms with Gasteiger partial charge >= 0.3 is 0 Å². The molecule has 0 heterocycles. The van der Waals surface area contributed by atoms with Gasteiger partial charge < -0.3 is 0 Å². The van der Waals surface area contributed by atoms with Crippen molar-refractivity contribution in [1.82, 2.24) is 0 Å². The van der Waals surface area contributed by atoms with E-state index in [2.05, 4.69) is 60.6 Å². The lowest BCUT2D eigenvalue weighted by Crippen LogP contribution is -2.15. The van der Waals surface area contributed by atoms with Gasteiger partial charge in [0, 0.05) is 12.0 Å². The number of carbonyl (C=O) groups is 1. The van der Waals surface area contributed by atoms with Crippen molar-refractivity contribution in [2.75, 3.05) is 0 Å². The highest BCUT2D eigenvalue weighted by Gasteiger charge is 2.19. The minimum Gasteiger partial charge on any atom is -0.294 e. The average molecular weight is 260 g/mol. The summed E-state index contributed by atoms with van der Waals surface area (Å²) in [6, 6.07) is 6.13. The molecule has 0 aromatic heterocycles. The minimum absolute atomic E-state index is 0.0877. The largest absolute Gasteiger partial charge is 0.294 e. The second-order valence-electron chi connectivity index (χ2n) is 7.76. The van der Waals surface area contributed by atoms with Gasteiger partial charge in [0.2, 0.25) is 0 Å². The Labute approximate surface area is 118 Å². The third-order valence-electron chi connectivity index (χ3n) is 3.47. The van der Waals surface area contributed by atoms with Crippen LogP contribution in [0.4, 0.5) is 0 Å². The number of hydrogen-bond acceptors (Lipinski definition) is 1. The molecule has 0 unspecified atom stereocenters. The van der Waals surface area contributed by atoms with Gasteiger partial charge in [0.1, 0.15) is 0 Å². The number of ketones is 1. The highest BCUT2D eigenvalue weighted by atomic mass is 16.1. The average Bonchev–Trinajstić information content (AvgIpc) is 2.24. The smallest absolute Gasteiger partial charge is 0.162 e. The highest BCUT2D eigenvalue weighted by molar-refractivity contribution is 5.96. The van der Waals surface area contributed by atoms with Crippen LogP contribution in [-0.4, -0.2) is 5.78 Å². The Morgan fingerprint density at radius 1 is 1.05 bits per heavy atom. The molecule has 0 spiro atoms. The minimum atomic E-state index is 0.0877. The lowest BCUT2D eigenvalue weighted by Gasteiger charge is -2.23. The zero-order chi connectivity index (χ0) is 14.8. The van der Waals surface area contributed by atoms with Gasteiger partial charge in [-0.15, -0.1) is 0 Å². The van der Waals surface area contributed by atoms with Crippen molar-refractivity contribution in [3.63, 3.8) is 0 Å². The molecule has 0 aliphatic rings. The first-order valence-corrected chi connectivity index (χ1v) is 7.15. The fraction of sp³-hybridized carbons (Fsp3) is 0.611. The van der Waals surface area contributed by atoms with E-state index in [-0.39, 0.29) is 16.6 Å². The van der Waals surface area contributed by atoms with Crippen molar-refractivity contribution >= 4 is 5.78 Å². The first-order chi connectivity index (χ1) is 8.50. The topological polar surface area (TPSA) is 17.1 Å². The lowest BCUT2D eigenvalue weighted by atomic mass is 9.82. The number of benzene rings is 1. The van der Waals surface area contributed by atoms with E-state index in [1.165, 1.54) is 11.1 Å². The molecule has 0 saturated carbocycles. The molecule has 0 atom stereocenters. The number of hydrogen-bond donors (Lipinski definition) is 0. The summed E-state index contributed by atoms with van der Waals surface area (Å²) in [5, 5.41) is 0. The Morgan fingerprint density at radius 2 is 1.63 bits per heavy atom. The molecule has 0 aliphatic heterocycles. The van der Waals surface area contributed by atoms with Crippen LogP contribution >= 0.6 is 0 Å². The number of Topliss-reactive ketones (excluding diaryl/α,β-unsaturated/α-hetero) is 1. The molecule has 106 valence electrons. The molecular formula is C18H28O. The van der Waals surface area contributed by atoms with Crippen LogP contribution < -0.4 is 0 Å². The van der Waals surface area contributed by atoms with Crippen molar-refractivity contribution in [3.05, 3.63) is 34.9 Å². The third-order valence-corrected chi connectivity index (χ3v) is 3.47. The molecule has 0 N–H and O–H groups in total. The monoisotopic (exact) mass is 260 g/mol. The maximum atomic E-state index is 12.3. The fourth-order valence-electron chi connectivity index (χ4n) is 2.24. The summed E-state index contributed by atoms with van der Waals surface area (Å²) in [6.45, 7) is 15.2. The van der Waals surface area contributed by atoms with Crippen molar-refractivity contribution in [1.29, 1.82) is 0 Å². The molecule has 0 aliphatic carbocycles. The van der Waals surface area contributed by atoms with Crippen LogP contribution in [0.5, 0.6) is 0 Å². The summed E-state index contributed by atoms with van der Waals surface area (Å²) in [5.74, 6) is 0.264. The van der Waals surface area contributed by atoms with E-state index < -0.39 is 0 Å². The molecule has 0 bridgehead atoms. The van der Waals surface area contributed by atoms with Crippen molar-refractivity contribution < 1.29 is 4.79 Å². The number of rotatable bonds is 3. The molecule has 1 heteroatoms. The molecular weight excluding hydrogens is 232 g/mol. The van der Waals surface area contributed by atoms with Crippen LogP contribution in [0.2, 0.25) is 0 Å². The normalized spacial score (nSPS) is 12.6. The van der Waals surface area contributed by atoms with Crippen molar-refractivity contribution in [2.24, 2.45) is 5.41 Å². The zero-order valence-electron chi connectivity index (χ0n) is 13.6. The van der Waals surface area contributed by atoms with E-state index in [0.29, 0.717) is 6.42 Å². The Balaban J connectivity index is 2.94. The van der Waals surface area contributed by atoms with Crippen LogP contribution in [0, 0.1) is 12.3 Å². The molecule has 0 saturated heterocycles. The van der Waals surface area contributed by atoms with Gasteiger partial charge in [0.05, 0.1) is 0 Å². The molecule has 0 radical (unpaired) electrons. The van der Waals surface area contributed by atoms with Crippen LogP contribution in [0.15, 0.2) is 18.2 Å². The number of aryl methyl sites for hydroxylation is 1. The van der Waals surface area contributed by atoms with Crippen LogP contribution in [0.3, 0.4) is 0 Å². The number of carbonyl (C=O) groups excluding carboxylic acids is 1. The first kappa shape index (κ1) is 15.9. The molecule has 19 heavy (non-hydrogen) atoms. The maximum absolute atomic E-state index is 12.3. The van der Waals surface area contributed by atoms with Gasteiger partial charge in [-0.1, -0.05) is 53.7 Å². The van der Waals surface area contributed by atoms with Gasteiger partial charge in [-0.25, -0.2) is 0 Å². The second kappa shape index (κ2) is 5.48. The van der Waals surface area contributed by atoms with E-state index in [0.717, 1.165) is 12.0 Å². The first-order valence-electron chi connectivity index (χ1n) is 7.15. The van der Waals surface area contributed by atoms with E-state index in [4.69, 9.17) is 0 Å². The van der Waals surface area contributed by atoms with E-state index in [1.54, 1.807) is 0 Å². The van der Waals surface area contributed by atoms with Crippen molar-refractivity contribution in [3.8, 4) is 0 Å². The van der Waals surface area contributed by atoms with Crippen LogP contribution in [0.1, 0.15) is 75.9 Å². The summed E-state index contributed by atoms with van der Waals surface area (Å²) in [6.07, 6.45) is 1.57. The van der Waals surface area contributed by atoms with E-state index in [9.17, 15) is 4.79 Å². The third kappa shape index (κ3) is 4.81. The van der Waals surface area contributed by atoms with E-state index >= 15 is 0 Å². The zero-order valence-corrected chi connectivity index (χ0v) is 13.6. The van der Waals surface area contributed by atoms with Crippen LogP contribution in [-0.2, 0) is 5.41 Å². The molecule has 1 nitrogen and oxygen atoms in total. The Hall–Kier alpha value is -1.11. The Bertz CT molecular complexity index is 456. The molecule has 1 rings (SSSR count). The maximum Gasteiger partial charge on any atom is 0.162 e. The van der Waals surface area contributed by atoms with Crippen molar-refractivity contribution in [2.45, 2.75) is 66.7 Å². The molecule has 0 amide bonds. The lowest BCUT2D eigenvalue weighted by molar-refractivity contribution is 0.0966. The summed E-state index contributed by atoms with van der Waals surface area (Å²) in [5.41, 5.74) is 3.70. The molecule has 1 aromatic rings. The standard InChI is InChI=1S/C18H28O/c1-13-8-9-14(12-15(13)18(5,6)7)16(19)10-11-17(2,3)4/h8-9,12H,10-11H2,1-7H3. The second-order valence-corrected chi connectivity index (χ2v) is 7.76. The summed E-state index contributed by atoms with van der Waals surface area (Å²) < 4.78 is 0. The van der Waals surface area contributed by atoms with Gasteiger partial charge in [-0.05, 0) is 41.4 Å². The quantitative estimate of drug-likeness (QED) is 0.674.